The van der Waals surface area contributed by atoms with Crippen molar-refractivity contribution in [1.29, 1.82) is 0 Å². The van der Waals surface area contributed by atoms with E-state index in [0.717, 1.165) is 0 Å². The predicted molar refractivity (Wildman–Crippen MR) is 69.2 cm³/mol. The Balaban J connectivity index is 2.12. The minimum Gasteiger partial charge on any atom is -0.460 e. The van der Waals surface area contributed by atoms with Gasteiger partial charge >= 0.3 is 11.9 Å². The zero-order valence-electron chi connectivity index (χ0n) is 11.5. The van der Waals surface area contributed by atoms with Gasteiger partial charge in [-0.1, -0.05) is 0 Å². The molecule has 7 nitrogen and oxygen atoms in total. The van der Waals surface area contributed by atoms with Crippen LogP contribution < -0.4 is 0 Å². The predicted octanol–water partition coefficient (Wildman–Crippen LogP) is 1.15. The van der Waals surface area contributed by atoms with Crippen molar-refractivity contribution in [3.63, 3.8) is 0 Å². The summed E-state index contributed by atoms with van der Waals surface area (Å²) in [4.78, 5) is 27.4. The van der Waals surface area contributed by atoms with Gasteiger partial charge in [0.15, 0.2) is 12.3 Å². The Hall–Kier alpha value is -2.44. The van der Waals surface area contributed by atoms with Crippen molar-refractivity contribution in [1.82, 2.24) is 14.6 Å². The molecule has 0 spiro atoms. The Bertz CT molecular complexity index is 648. The van der Waals surface area contributed by atoms with Gasteiger partial charge < -0.3 is 9.47 Å². The summed E-state index contributed by atoms with van der Waals surface area (Å²) in [5.74, 6) is -1.23. The summed E-state index contributed by atoms with van der Waals surface area (Å²) in [6.07, 6.45) is 2.99. The molecule has 0 fully saturated rings. The summed E-state index contributed by atoms with van der Waals surface area (Å²) in [7, 11) is 0. The van der Waals surface area contributed by atoms with Crippen LogP contribution in [0, 0.1) is 6.92 Å². The van der Waals surface area contributed by atoms with Crippen LogP contribution in [0.15, 0.2) is 18.5 Å². The van der Waals surface area contributed by atoms with E-state index >= 15 is 0 Å². The van der Waals surface area contributed by atoms with E-state index in [1.807, 2.05) is 0 Å². The van der Waals surface area contributed by atoms with Crippen LogP contribution >= 0.6 is 0 Å². The normalized spacial score (nSPS) is 10.8. The molecule has 0 atom stereocenters. The van der Waals surface area contributed by atoms with Gasteiger partial charge in [0.05, 0.1) is 11.8 Å². The van der Waals surface area contributed by atoms with Crippen LogP contribution in [0.25, 0.3) is 5.65 Å². The molecule has 106 valence electrons. The molecule has 2 aromatic rings. The van der Waals surface area contributed by atoms with Crippen LogP contribution in [-0.2, 0) is 14.3 Å². The van der Waals surface area contributed by atoms with Gasteiger partial charge in [-0.15, -0.1) is 0 Å². The maximum absolute atomic E-state index is 12.0. The summed E-state index contributed by atoms with van der Waals surface area (Å²) in [5, 5.41) is 4.15. The number of carbonyl (C=O) groups excluding carboxylic acids is 2. The van der Waals surface area contributed by atoms with Crippen LogP contribution in [-0.4, -0.2) is 39.2 Å². The third-order valence-corrected chi connectivity index (χ3v) is 2.46. The van der Waals surface area contributed by atoms with Crippen molar-refractivity contribution in [3.8, 4) is 0 Å². The number of hydrogen-bond donors (Lipinski definition) is 0. The average molecular weight is 277 g/mol. The maximum Gasteiger partial charge on any atom is 0.344 e. The van der Waals surface area contributed by atoms with Gasteiger partial charge in [-0.3, -0.25) is 0 Å². The largest absolute Gasteiger partial charge is 0.460 e. The highest BCUT2D eigenvalue weighted by atomic mass is 16.6. The lowest BCUT2D eigenvalue weighted by Crippen LogP contribution is -2.20. The van der Waals surface area contributed by atoms with E-state index in [1.165, 1.54) is 4.52 Å². The van der Waals surface area contributed by atoms with Crippen LogP contribution in [0.5, 0.6) is 0 Å². The monoisotopic (exact) mass is 277 g/mol. The molecule has 0 bridgehead atoms. The number of nitrogens with zero attached hydrogens (tertiary/aromatic N) is 3. The highest BCUT2D eigenvalue weighted by Gasteiger charge is 2.20. The maximum atomic E-state index is 12.0. The van der Waals surface area contributed by atoms with Crippen LogP contribution in [0.2, 0.25) is 0 Å². The zero-order valence-corrected chi connectivity index (χ0v) is 11.5. The van der Waals surface area contributed by atoms with Crippen molar-refractivity contribution in [3.05, 3.63) is 29.7 Å². The summed E-state index contributed by atoms with van der Waals surface area (Å²) >= 11 is 0. The first-order valence-electron chi connectivity index (χ1n) is 6.15. The minimum atomic E-state index is -0.642. The van der Waals surface area contributed by atoms with Crippen molar-refractivity contribution >= 4 is 17.6 Å². The first-order chi connectivity index (χ1) is 9.49. The molecule has 0 radical (unpaired) electrons. The molecule has 20 heavy (non-hydrogen) atoms. The van der Waals surface area contributed by atoms with E-state index in [2.05, 4.69) is 10.1 Å². The number of hydrogen-bond acceptors (Lipinski definition) is 6. The highest BCUT2D eigenvalue weighted by molar-refractivity contribution is 5.97. The van der Waals surface area contributed by atoms with Crippen molar-refractivity contribution in [2.24, 2.45) is 0 Å². The van der Waals surface area contributed by atoms with E-state index in [-0.39, 0.29) is 11.7 Å². The minimum absolute atomic E-state index is 0.249. The second kappa shape index (κ2) is 5.68. The second-order valence-electron chi connectivity index (χ2n) is 4.46. The Morgan fingerprint density at radius 3 is 2.85 bits per heavy atom. The summed E-state index contributed by atoms with van der Waals surface area (Å²) in [6.45, 7) is 4.69. The number of ether oxygens (including phenoxy) is 2. The number of esters is 2. The summed E-state index contributed by atoms with van der Waals surface area (Å²) in [5.41, 5.74) is 1.14. The molecule has 0 N–H and O–H groups in total. The molecule has 0 saturated carbocycles. The lowest BCUT2D eigenvalue weighted by atomic mass is 10.2. The van der Waals surface area contributed by atoms with Crippen LogP contribution in [0.4, 0.5) is 0 Å². The topological polar surface area (TPSA) is 82.8 Å². The van der Waals surface area contributed by atoms with E-state index in [4.69, 9.17) is 9.47 Å². The molecule has 2 aromatic heterocycles. The van der Waals surface area contributed by atoms with Gasteiger partial charge in [0.25, 0.3) is 0 Å². The van der Waals surface area contributed by atoms with Crippen molar-refractivity contribution in [2.75, 3.05) is 6.61 Å². The quantitative estimate of drug-likeness (QED) is 0.779. The Labute approximate surface area is 115 Å². The number of carbonyl (C=O) groups is 2. The second-order valence-corrected chi connectivity index (χ2v) is 4.46. The van der Waals surface area contributed by atoms with E-state index in [0.29, 0.717) is 11.3 Å². The SMILES string of the molecule is Cc1nn2cccnc2c1C(=O)OCC(=O)OC(C)C. The molecular formula is C13H15N3O4. The lowest BCUT2D eigenvalue weighted by molar-refractivity contribution is -0.150. The molecule has 0 aliphatic heterocycles. The molecular weight excluding hydrogens is 262 g/mol. The fraction of sp³-hybridized carbons (Fsp3) is 0.385. The molecule has 7 heteroatoms. The standard InChI is InChI=1S/C13H15N3O4/c1-8(2)20-10(17)7-19-13(18)11-9(3)15-16-6-4-5-14-12(11)16/h4-6,8H,7H2,1-3H3. The molecule has 0 aliphatic rings. The third-order valence-electron chi connectivity index (χ3n) is 2.46. The fourth-order valence-electron chi connectivity index (χ4n) is 1.73. The Kier molecular flexibility index (Phi) is 3.97. The van der Waals surface area contributed by atoms with E-state index < -0.39 is 18.5 Å². The van der Waals surface area contributed by atoms with Gasteiger partial charge in [0.2, 0.25) is 0 Å². The molecule has 0 amide bonds. The molecule has 2 heterocycles. The number of fused-ring (bicyclic) bond motifs is 1. The Morgan fingerprint density at radius 1 is 1.40 bits per heavy atom. The van der Waals surface area contributed by atoms with Gasteiger partial charge in [0.1, 0.15) is 5.56 Å². The van der Waals surface area contributed by atoms with Crippen LogP contribution in [0.3, 0.4) is 0 Å². The average Bonchev–Trinajstić information content (AvgIpc) is 2.71. The van der Waals surface area contributed by atoms with Crippen LogP contribution in [0.1, 0.15) is 29.9 Å². The smallest absolute Gasteiger partial charge is 0.344 e. The Morgan fingerprint density at radius 2 is 2.15 bits per heavy atom. The van der Waals surface area contributed by atoms with E-state index in [1.54, 1.807) is 39.2 Å². The van der Waals surface area contributed by atoms with Crippen molar-refractivity contribution in [2.45, 2.75) is 26.9 Å². The van der Waals surface area contributed by atoms with E-state index in [9.17, 15) is 9.59 Å². The summed E-state index contributed by atoms with van der Waals surface area (Å²) < 4.78 is 11.3. The number of rotatable bonds is 4. The molecule has 0 unspecified atom stereocenters. The van der Waals surface area contributed by atoms with Gasteiger partial charge in [0, 0.05) is 12.4 Å². The summed E-state index contributed by atoms with van der Waals surface area (Å²) in [6, 6.07) is 1.70. The van der Waals surface area contributed by atoms with Gasteiger partial charge in [-0.2, -0.15) is 5.10 Å². The molecule has 2 rings (SSSR count). The first kappa shape index (κ1) is 14.0. The first-order valence-corrected chi connectivity index (χ1v) is 6.15. The zero-order chi connectivity index (χ0) is 14.7. The van der Waals surface area contributed by atoms with Gasteiger partial charge in [-0.05, 0) is 26.8 Å². The van der Waals surface area contributed by atoms with Gasteiger partial charge in [-0.25, -0.2) is 19.1 Å². The molecule has 0 saturated heterocycles. The highest BCUT2D eigenvalue weighted by Crippen LogP contribution is 2.13. The lowest BCUT2D eigenvalue weighted by Gasteiger charge is -2.08. The van der Waals surface area contributed by atoms with Crippen molar-refractivity contribution < 1.29 is 19.1 Å². The number of aromatic nitrogens is 3. The number of aryl methyl sites for hydroxylation is 1. The fourth-order valence-corrected chi connectivity index (χ4v) is 1.73. The molecule has 0 aromatic carbocycles. The molecule has 0 aliphatic carbocycles. The third kappa shape index (κ3) is 2.93.